The first kappa shape index (κ1) is 69.3. The molecule has 11 nitrogen and oxygen atoms in total. The fourth-order valence-corrected chi connectivity index (χ4v) is 8.86. The van der Waals surface area contributed by atoms with Crippen molar-refractivity contribution in [1.82, 2.24) is 14.3 Å². The number of esters is 1. The summed E-state index contributed by atoms with van der Waals surface area (Å²) in [5, 5.41) is 33.3. The maximum Gasteiger partial charge on any atom is 1.00 e. The van der Waals surface area contributed by atoms with Gasteiger partial charge in [-0.15, -0.1) is 29.5 Å². The largest absolute Gasteiger partial charge is 1.00 e. The monoisotopic (exact) mass is 1090 g/mol. The minimum Gasteiger partial charge on any atom is -1.00 e. The number of hydrogen-bond acceptors (Lipinski definition) is 12. The topological polar surface area (TPSA) is 149 Å². The predicted octanol–water partition coefficient (Wildman–Crippen LogP) is 10.2. The van der Waals surface area contributed by atoms with Crippen LogP contribution in [0.3, 0.4) is 0 Å². The number of phenolic OH excluding ortho intramolecular Hbond substituents is 2. The molecule has 5 aromatic carbocycles. The molecule has 0 aliphatic carbocycles. The maximum atomic E-state index is 13.7. The van der Waals surface area contributed by atoms with E-state index >= 15 is 0 Å². The first-order chi connectivity index (χ1) is 33.3. The standard InChI is InChI=1S/C32H34F3N3O4S.C9H9NOS.C8H10OS.C4H8O.2CH4.Al.Li.4H/c1-5-7-17-37-30(36-38(31(37)40)25-15-13-24(14-16-25)32(33,34)35)29(23-11-9-8-10-12-23)43-27-19-21(3)26(18-22(27)4)42-20-28(39)41-6-2;1-6-4-9(12-5-10)7(2)3-8(6)11;1-5-4-8(10)6(2)3-7(5)9;1-2-4-5-3-1;;;;;;;;/h8-16,18-19,29H,5-7,17,20H2,1-4H3;3-4,11H,1-2H3;3-4,9-10H,1-2H3;1-4H2;2*1H4;;;;;;/q;;;;;;;+1;;;;-1. The van der Waals surface area contributed by atoms with Crippen LogP contribution in [0.25, 0.3) is 5.69 Å². The molecule has 2 heterocycles. The molecule has 0 radical (unpaired) electrons. The number of aryl methyl sites for hydroxylation is 6. The van der Waals surface area contributed by atoms with Crippen molar-refractivity contribution in [3.05, 3.63) is 152 Å². The second kappa shape index (κ2) is 34.1. The number of rotatable bonds is 13. The summed E-state index contributed by atoms with van der Waals surface area (Å²) in [6.45, 7) is 17.5. The van der Waals surface area contributed by atoms with Crippen molar-refractivity contribution >= 4 is 59.5 Å². The van der Waals surface area contributed by atoms with Gasteiger partial charge in [0.05, 0.1) is 23.1 Å². The average molecular weight is 1090 g/mol. The van der Waals surface area contributed by atoms with Crippen LogP contribution in [0.2, 0.25) is 0 Å². The Morgan fingerprint density at radius 2 is 1.42 bits per heavy atom. The van der Waals surface area contributed by atoms with E-state index in [1.54, 1.807) is 23.6 Å². The van der Waals surface area contributed by atoms with Gasteiger partial charge in [0, 0.05) is 34.4 Å². The van der Waals surface area contributed by atoms with E-state index in [-0.39, 0.29) is 77.2 Å². The number of carbonyl (C=O) groups excluding carboxylic acids is 1. The summed E-state index contributed by atoms with van der Waals surface area (Å²) >= 11 is 6.84. The zero-order chi connectivity index (χ0) is 51.5. The van der Waals surface area contributed by atoms with Gasteiger partial charge in [0.2, 0.25) is 0 Å². The zero-order valence-electron chi connectivity index (χ0n) is 42.7. The summed E-state index contributed by atoms with van der Waals surface area (Å²) in [5.41, 5.74) is 5.29. The van der Waals surface area contributed by atoms with Crippen molar-refractivity contribution in [2.24, 2.45) is 0 Å². The van der Waals surface area contributed by atoms with Crippen LogP contribution < -0.4 is 29.3 Å². The summed E-state index contributed by atoms with van der Waals surface area (Å²) in [6.07, 6.45) is -0.367. The third-order valence-corrected chi connectivity index (χ3v) is 13.4. The molecule has 1 aliphatic rings. The number of phenols is 2. The predicted molar refractivity (Wildman–Crippen MR) is 298 cm³/mol. The van der Waals surface area contributed by atoms with E-state index in [1.165, 1.54) is 41.4 Å². The van der Waals surface area contributed by atoms with Crippen LogP contribution in [0.15, 0.2) is 110 Å². The molecule has 1 aliphatic heterocycles. The summed E-state index contributed by atoms with van der Waals surface area (Å²) in [5.74, 6) is 1.24. The van der Waals surface area contributed by atoms with Gasteiger partial charge in [-0.3, -0.25) is 4.57 Å². The summed E-state index contributed by atoms with van der Waals surface area (Å²) in [7, 11) is 0. The number of thioether (sulfide) groups is 2. The molecule has 0 saturated carbocycles. The quantitative estimate of drug-likeness (QED) is 0.0334. The Hall–Kier alpha value is -4.67. The van der Waals surface area contributed by atoms with Gasteiger partial charge in [-0.25, -0.2) is 9.59 Å². The summed E-state index contributed by atoms with van der Waals surface area (Å²) in [4.78, 5) is 28.2. The van der Waals surface area contributed by atoms with Crippen molar-refractivity contribution in [2.75, 3.05) is 26.4 Å². The number of carbonyl (C=O) groups is 1. The Morgan fingerprint density at radius 1 is 0.851 bits per heavy atom. The van der Waals surface area contributed by atoms with Crippen molar-refractivity contribution < 1.29 is 62.7 Å². The van der Waals surface area contributed by atoms with Gasteiger partial charge < -0.3 is 25.9 Å². The molecule has 1 unspecified atom stereocenters. The molecule has 0 amide bonds. The van der Waals surface area contributed by atoms with Crippen molar-refractivity contribution in [2.45, 2.75) is 129 Å². The van der Waals surface area contributed by atoms with Crippen LogP contribution in [-0.4, -0.2) is 74.3 Å². The molecule has 2 N–H and O–H groups in total. The molecule has 6 aromatic rings. The maximum absolute atomic E-state index is 13.7. The smallest absolute Gasteiger partial charge is 1.00 e. The average Bonchev–Trinajstić information content (AvgIpc) is 4.02. The van der Waals surface area contributed by atoms with E-state index in [4.69, 9.17) is 24.6 Å². The van der Waals surface area contributed by atoms with E-state index in [1.807, 2.05) is 108 Å². The number of ether oxygens (including phenoxy) is 3. The number of benzene rings is 5. The van der Waals surface area contributed by atoms with Crippen molar-refractivity contribution in [3.8, 4) is 28.3 Å². The van der Waals surface area contributed by atoms with Crippen LogP contribution in [0.5, 0.6) is 17.2 Å². The van der Waals surface area contributed by atoms with Gasteiger partial charge in [0.1, 0.15) is 22.6 Å². The third kappa shape index (κ3) is 20.8. The van der Waals surface area contributed by atoms with Gasteiger partial charge in [-0.1, -0.05) is 58.5 Å². The third-order valence-electron chi connectivity index (χ3n) is 10.8. The Balaban J connectivity index is 0. The molecule has 1 aromatic heterocycles. The van der Waals surface area contributed by atoms with Gasteiger partial charge >= 0.3 is 36.7 Å². The fourth-order valence-electron chi connectivity index (χ4n) is 6.73. The first-order valence-electron chi connectivity index (χ1n) is 22.7. The minimum atomic E-state index is -4.49. The number of nitrogens with zero attached hydrogens (tertiary/aromatic N) is 4. The van der Waals surface area contributed by atoms with Gasteiger partial charge in [-0.2, -0.15) is 23.1 Å². The number of aromatic hydroxyl groups is 2. The molecule has 1 fully saturated rings. The Labute approximate surface area is 473 Å². The van der Waals surface area contributed by atoms with Gasteiger partial charge in [0.25, 0.3) is 0 Å². The first-order valence-corrected chi connectivity index (χ1v) is 24.8. The van der Waals surface area contributed by atoms with Gasteiger partial charge in [0.15, 0.2) is 29.8 Å². The van der Waals surface area contributed by atoms with Crippen molar-refractivity contribution in [3.63, 3.8) is 0 Å². The molecule has 1 atom stereocenters. The van der Waals surface area contributed by atoms with E-state index in [0.29, 0.717) is 23.9 Å². The number of nitriles is 1. The van der Waals surface area contributed by atoms with Crippen LogP contribution in [0.1, 0.15) is 111 Å². The van der Waals surface area contributed by atoms with Gasteiger partial charge in [-0.05, 0) is 179 Å². The van der Waals surface area contributed by atoms with Crippen LogP contribution in [-0.2, 0) is 27.0 Å². The summed E-state index contributed by atoms with van der Waals surface area (Å²) in [6, 6.07) is 25.0. The molecule has 74 heavy (non-hydrogen) atoms. The van der Waals surface area contributed by atoms with E-state index in [9.17, 15) is 33.0 Å². The minimum absolute atomic E-state index is 0. The SMILES string of the molecule is C.C.C1CCOC1.CCCCn1c(C(Sc2cc(C)c(OCC(=O)OCC)cc2C)c2ccccc2)nn(-c2ccc(C(F)(F)F)cc2)c1=O.Cc1cc(S)c(C)cc1O.Cc1cc(SC#N)c(C)cc1O.[AlH3].[H-].[Li+]. The molecule has 0 spiro atoms. The molecule has 1 saturated heterocycles. The molecular formula is C55H73AlF3LiN4O7S3. The number of halogens is 3. The van der Waals surface area contributed by atoms with Crippen LogP contribution >= 0.6 is 36.2 Å². The fraction of sp³-hybridized carbons (Fsp3) is 0.382. The molecular weight excluding hydrogens is 1020 g/mol. The number of hydrogen-bond donors (Lipinski definition) is 3. The van der Waals surface area contributed by atoms with E-state index in [0.717, 1.165) is 104 Å². The van der Waals surface area contributed by atoms with E-state index in [2.05, 4.69) is 12.6 Å². The Bertz CT molecular complexity index is 2720. The zero-order valence-corrected chi connectivity index (χ0v) is 44.3. The number of thiocyanates is 1. The van der Waals surface area contributed by atoms with Crippen molar-refractivity contribution in [1.29, 1.82) is 5.26 Å². The molecule has 398 valence electrons. The Morgan fingerprint density at radius 3 is 1.95 bits per heavy atom. The number of alkyl halides is 3. The number of aromatic nitrogens is 3. The number of unbranched alkanes of at least 4 members (excludes halogenated alkanes) is 1. The molecule has 0 bridgehead atoms. The van der Waals surface area contributed by atoms with E-state index < -0.39 is 28.6 Å². The molecule has 7 rings (SSSR count). The second-order valence-corrected chi connectivity index (χ2v) is 18.8. The number of thiol groups is 1. The molecule has 19 heteroatoms. The van der Waals surface area contributed by atoms with Crippen LogP contribution in [0, 0.1) is 52.2 Å². The second-order valence-electron chi connectivity index (χ2n) is 16.3. The summed E-state index contributed by atoms with van der Waals surface area (Å²) < 4.78 is 58.0. The van der Waals surface area contributed by atoms with Crippen LogP contribution in [0.4, 0.5) is 13.2 Å². The normalized spacial score (nSPS) is 11.6. The Kier molecular flexibility index (Phi) is 31.9.